The first kappa shape index (κ1) is 17.7. The molecule has 0 aliphatic carbocycles. The van der Waals surface area contributed by atoms with Gasteiger partial charge >= 0.3 is 0 Å². The fourth-order valence-corrected chi connectivity index (χ4v) is 5.42. The fourth-order valence-electron chi connectivity index (χ4n) is 3.16. The molecule has 0 unspecified atom stereocenters. The van der Waals surface area contributed by atoms with Gasteiger partial charge in [-0.25, -0.2) is 0 Å². The molecule has 24 heavy (non-hydrogen) atoms. The molecule has 8 nitrogen and oxygen atoms in total. The Hall–Kier alpha value is -1.10. The number of piperidine rings is 1. The number of aromatic nitrogens is 2. The van der Waals surface area contributed by atoms with Crippen LogP contribution >= 0.6 is 11.7 Å². The summed E-state index contributed by atoms with van der Waals surface area (Å²) in [6.07, 6.45) is 3.58. The van der Waals surface area contributed by atoms with Gasteiger partial charge in [0.05, 0.1) is 17.4 Å². The second-order valence-corrected chi connectivity index (χ2v) is 8.67. The minimum atomic E-state index is -3.42. The van der Waals surface area contributed by atoms with E-state index in [1.165, 1.54) is 4.31 Å². The average molecular weight is 374 g/mol. The summed E-state index contributed by atoms with van der Waals surface area (Å²) in [6, 6.07) is 0. The van der Waals surface area contributed by atoms with E-state index in [1.807, 2.05) is 0 Å². The molecule has 2 aliphatic rings. The van der Waals surface area contributed by atoms with Crippen LogP contribution in [0.3, 0.4) is 0 Å². The molecule has 1 aromatic heterocycles. The van der Waals surface area contributed by atoms with Crippen molar-refractivity contribution in [1.29, 1.82) is 0 Å². The summed E-state index contributed by atoms with van der Waals surface area (Å²) in [7, 11) is -3.42. The normalized spacial score (nSPS) is 21.6. The Labute approximate surface area is 146 Å². The van der Waals surface area contributed by atoms with Crippen molar-refractivity contribution in [1.82, 2.24) is 22.3 Å². The molecule has 2 saturated heterocycles. The van der Waals surface area contributed by atoms with E-state index >= 15 is 0 Å². The van der Waals surface area contributed by atoms with Gasteiger partial charge in [0.2, 0.25) is 0 Å². The van der Waals surface area contributed by atoms with E-state index in [-0.39, 0.29) is 5.91 Å². The molecule has 0 atom stereocenters. The van der Waals surface area contributed by atoms with Gasteiger partial charge in [-0.1, -0.05) is 6.42 Å². The molecule has 134 valence electrons. The number of carbonyl (C=O) groups is 1. The summed E-state index contributed by atoms with van der Waals surface area (Å²) in [5.74, 6) is -0.154. The number of nitrogens with zero attached hydrogens (tertiary/aromatic N) is 5. The van der Waals surface area contributed by atoms with Gasteiger partial charge in [0.25, 0.3) is 16.1 Å². The minimum Gasteiger partial charge on any atom is -0.336 e. The van der Waals surface area contributed by atoms with Crippen LogP contribution in [0.2, 0.25) is 0 Å². The van der Waals surface area contributed by atoms with Crippen LogP contribution in [-0.2, 0) is 10.2 Å². The highest BCUT2D eigenvalue weighted by Gasteiger charge is 2.33. The highest BCUT2D eigenvalue weighted by molar-refractivity contribution is 7.86. The molecule has 1 aromatic rings. The second kappa shape index (κ2) is 7.42. The zero-order chi connectivity index (χ0) is 17.2. The summed E-state index contributed by atoms with van der Waals surface area (Å²) in [5, 5.41) is 0. The maximum Gasteiger partial charge on any atom is 0.282 e. The molecule has 3 heterocycles. The average Bonchev–Trinajstić information content (AvgIpc) is 2.86. The topological polar surface area (TPSA) is 86.7 Å². The number of amides is 1. The summed E-state index contributed by atoms with van der Waals surface area (Å²) < 4.78 is 36.8. The Kier molecular flexibility index (Phi) is 5.48. The Morgan fingerprint density at radius 3 is 2.25 bits per heavy atom. The lowest BCUT2D eigenvalue weighted by molar-refractivity contribution is 0.0758. The third kappa shape index (κ3) is 3.61. The minimum absolute atomic E-state index is 0.154. The van der Waals surface area contributed by atoms with Crippen molar-refractivity contribution >= 4 is 27.8 Å². The Bertz CT molecular complexity index is 684. The third-order valence-corrected chi connectivity index (χ3v) is 7.22. The molecular weight excluding hydrogens is 350 g/mol. The van der Waals surface area contributed by atoms with Gasteiger partial charge in [-0.2, -0.15) is 25.8 Å². The zero-order valence-corrected chi connectivity index (χ0v) is 15.5. The summed E-state index contributed by atoms with van der Waals surface area (Å²) in [5.41, 5.74) is 1.01. The maximum atomic E-state index is 12.8. The summed E-state index contributed by atoms with van der Waals surface area (Å²) in [6.45, 7) is 4.70. The van der Waals surface area contributed by atoms with E-state index in [2.05, 4.69) is 8.75 Å². The smallest absolute Gasteiger partial charge is 0.282 e. The van der Waals surface area contributed by atoms with Crippen LogP contribution in [-0.4, -0.2) is 75.9 Å². The molecular formula is C14H23N5O3S2. The van der Waals surface area contributed by atoms with E-state index in [1.54, 1.807) is 16.1 Å². The molecule has 2 aliphatic heterocycles. The lowest BCUT2D eigenvalue weighted by atomic mass is 10.2. The van der Waals surface area contributed by atoms with E-state index in [0.29, 0.717) is 57.1 Å². The Balaban J connectivity index is 1.66. The molecule has 10 heteroatoms. The van der Waals surface area contributed by atoms with Crippen LogP contribution in [0.5, 0.6) is 0 Å². The molecule has 0 saturated carbocycles. The Morgan fingerprint density at radius 2 is 1.58 bits per heavy atom. The number of aryl methyl sites for hydroxylation is 1. The molecule has 0 radical (unpaired) electrons. The largest absolute Gasteiger partial charge is 0.336 e. The van der Waals surface area contributed by atoms with Gasteiger partial charge < -0.3 is 4.90 Å². The molecule has 3 rings (SSSR count). The quantitative estimate of drug-likeness (QED) is 0.779. The van der Waals surface area contributed by atoms with Crippen molar-refractivity contribution < 1.29 is 13.2 Å². The van der Waals surface area contributed by atoms with Crippen molar-refractivity contribution in [3.05, 3.63) is 11.4 Å². The first-order valence-electron chi connectivity index (χ1n) is 8.34. The van der Waals surface area contributed by atoms with Gasteiger partial charge in [-0.3, -0.25) is 4.79 Å². The predicted molar refractivity (Wildman–Crippen MR) is 91.1 cm³/mol. The summed E-state index contributed by atoms with van der Waals surface area (Å²) in [4.78, 5) is 14.2. The van der Waals surface area contributed by atoms with Gasteiger partial charge in [-0.15, -0.1) is 0 Å². The third-order valence-electron chi connectivity index (χ3n) is 4.56. The first-order valence-corrected chi connectivity index (χ1v) is 10.5. The van der Waals surface area contributed by atoms with Crippen LogP contribution in [0, 0.1) is 6.92 Å². The number of hydrogen-bond acceptors (Lipinski definition) is 6. The molecule has 1 amide bonds. The van der Waals surface area contributed by atoms with E-state index in [4.69, 9.17) is 0 Å². The highest BCUT2D eigenvalue weighted by atomic mass is 32.2. The van der Waals surface area contributed by atoms with Crippen LogP contribution in [0.25, 0.3) is 0 Å². The highest BCUT2D eigenvalue weighted by Crippen LogP contribution is 2.19. The number of hydrogen-bond donors (Lipinski definition) is 0. The van der Waals surface area contributed by atoms with Gasteiger partial charge in [0, 0.05) is 39.3 Å². The van der Waals surface area contributed by atoms with Crippen LogP contribution in [0.1, 0.15) is 41.9 Å². The number of carbonyl (C=O) groups excluding carboxylic acids is 1. The predicted octanol–water partition coefficient (Wildman–Crippen LogP) is 0.725. The molecule has 2 fully saturated rings. The van der Waals surface area contributed by atoms with Crippen molar-refractivity contribution in [2.24, 2.45) is 0 Å². The van der Waals surface area contributed by atoms with Crippen LogP contribution < -0.4 is 0 Å². The first-order chi connectivity index (χ1) is 11.5. The molecule has 0 aromatic carbocycles. The van der Waals surface area contributed by atoms with Crippen molar-refractivity contribution in [2.75, 3.05) is 39.3 Å². The van der Waals surface area contributed by atoms with E-state index < -0.39 is 10.2 Å². The van der Waals surface area contributed by atoms with Gasteiger partial charge in [0.15, 0.2) is 5.69 Å². The van der Waals surface area contributed by atoms with E-state index in [0.717, 1.165) is 31.0 Å². The van der Waals surface area contributed by atoms with Crippen LogP contribution in [0.15, 0.2) is 0 Å². The standard InChI is InChI=1S/C14H23N5O3S2/c1-12-13(16-23-15-12)14(20)17-6-5-9-19(11-10-17)24(21,22)18-7-3-2-4-8-18/h2-11H2,1H3. The van der Waals surface area contributed by atoms with Crippen molar-refractivity contribution in [3.8, 4) is 0 Å². The van der Waals surface area contributed by atoms with Crippen LogP contribution in [0.4, 0.5) is 0 Å². The SMILES string of the molecule is Cc1nsnc1C(=O)N1CCCN(S(=O)(=O)N2CCCCC2)CC1. The van der Waals surface area contributed by atoms with Crippen molar-refractivity contribution in [2.45, 2.75) is 32.6 Å². The molecule has 0 bridgehead atoms. The van der Waals surface area contributed by atoms with Crippen molar-refractivity contribution in [3.63, 3.8) is 0 Å². The maximum absolute atomic E-state index is 12.8. The number of rotatable bonds is 3. The second-order valence-electron chi connectivity index (χ2n) is 6.21. The Morgan fingerprint density at radius 1 is 0.917 bits per heavy atom. The van der Waals surface area contributed by atoms with Gasteiger partial charge in [-0.05, 0) is 26.2 Å². The lowest BCUT2D eigenvalue weighted by Crippen LogP contribution is -2.47. The van der Waals surface area contributed by atoms with Gasteiger partial charge in [0.1, 0.15) is 0 Å². The zero-order valence-electron chi connectivity index (χ0n) is 13.8. The fraction of sp³-hybridized carbons (Fsp3) is 0.786. The molecule has 0 spiro atoms. The summed E-state index contributed by atoms with van der Waals surface area (Å²) >= 11 is 1.03. The lowest BCUT2D eigenvalue weighted by Gasteiger charge is -2.31. The monoisotopic (exact) mass is 373 g/mol. The van der Waals surface area contributed by atoms with E-state index in [9.17, 15) is 13.2 Å². The molecule has 0 N–H and O–H groups in total.